The highest BCUT2D eigenvalue weighted by atomic mass is 16.5. The van der Waals surface area contributed by atoms with Crippen molar-refractivity contribution in [2.75, 3.05) is 6.54 Å². The zero-order chi connectivity index (χ0) is 29.4. The van der Waals surface area contributed by atoms with Gasteiger partial charge in [-0.05, 0) is 90.7 Å². The molecule has 2 aliphatic heterocycles. The first-order chi connectivity index (χ1) is 20.4. The Morgan fingerprint density at radius 1 is 1.05 bits per heavy atom. The fourth-order valence-electron chi connectivity index (χ4n) is 7.35. The van der Waals surface area contributed by atoms with Crippen molar-refractivity contribution < 1.29 is 24.4 Å². The first-order valence-electron chi connectivity index (χ1n) is 15.1. The van der Waals surface area contributed by atoms with Crippen molar-refractivity contribution in [3.63, 3.8) is 0 Å². The fourth-order valence-corrected chi connectivity index (χ4v) is 7.35. The normalized spacial score (nSPS) is 24.4. The Labute approximate surface area is 247 Å². The summed E-state index contributed by atoms with van der Waals surface area (Å²) in [7, 11) is -0.993. The highest BCUT2D eigenvalue weighted by Crippen LogP contribution is 2.51. The third kappa shape index (κ3) is 5.07. The molecule has 2 saturated heterocycles. The van der Waals surface area contributed by atoms with Crippen LogP contribution in [0.5, 0.6) is 5.75 Å². The van der Waals surface area contributed by atoms with Gasteiger partial charge in [0.05, 0.1) is 23.6 Å². The molecule has 8 heteroatoms. The molecule has 6 rings (SSSR count). The predicted octanol–water partition coefficient (Wildman–Crippen LogP) is 5.88. The van der Waals surface area contributed by atoms with Crippen LogP contribution in [0.2, 0.25) is 6.32 Å². The fraction of sp³-hybridized carbons (Fsp3) is 0.382. The highest BCUT2D eigenvalue weighted by molar-refractivity contribution is 6.43. The van der Waals surface area contributed by atoms with E-state index in [1.165, 1.54) is 10.5 Å². The summed E-state index contributed by atoms with van der Waals surface area (Å²) in [6, 6.07) is 17.3. The van der Waals surface area contributed by atoms with E-state index in [0.717, 1.165) is 46.0 Å². The van der Waals surface area contributed by atoms with Gasteiger partial charge >= 0.3 is 7.12 Å². The van der Waals surface area contributed by atoms with E-state index in [1.807, 2.05) is 55.5 Å². The van der Waals surface area contributed by atoms with Crippen LogP contribution >= 0.6 is 0 Å². The molecule has 2 aromatic carbocycles. The molecule has 0 spiro atoms. The van der Waals surface area contributed by atoms with Gasteiger partial charge in [0.1, 0.15) is 5.75 Å². The number of aromatic hydroxyl groups is 1. The molecule has 0 bridgehead atoms. The number of phenols is 1. The zero-order valence-corrected chi connectivity index (χ0v) is 24.2. The van der Waals surface area contributed by atoms with Gasteiger partial charge in [0.2, 0.25) is 11.8 Å². The highest BCUT2D eigenvalue weighted by Gasteiger charge is 2.56. The number of aromatic nitrogens is 1. The number of carbonyl (C=O) groups excluding carboxylic acids is 2. The van der Waals surface area contributed by atoms with E-state index in [4.69, 9.17) is 4.65 Å². The predicted molar refractivity (Wildman–Crippen MR) is 164 cm³/mol. The molecule has 3 aromatic rings. The monoisotopic (exact) mass is 564 g/mol. The van der Waals surface area contributed by atoms with Crippen molar-refractivity contribution >= 4 is 41.4 Å². The average molecular weight is 564 g/mol. The second kappa shape index (κ2) is 11.9. The molecule has 7 nitrogen and oxygen atoms in total. The van der Waals surface area contributed by atoms with Gasteiger partial charge in [-0.25, -0.2) is 0 Å². The van der Waals surface area contributed by atoms with Crippen LogP contribution in [-0.2, 0) is 14.2 Å². The van der Waals surface area contributed by atoms with Crippen LogP contribution in [0, 0.1) is 17.8 Å². The van der Waals surface area contributed by atoms with Crippen LogP contribution in [0.3, 0.4) is 0 Å². The van der Waals surface area contributed by atoms with E-state index in [2.05, 4.69) is 18.0 Å². The van der Waals surface area contributed by atoms with Crippen LogP contribution in [0.4, 0.5) is 0 Å². The van der Waals surface area contributed by atoms with Gasteiger partial charge < -0.3 is 14.8 Å². The van der Waals surface area contributed by atoms with Crippen molar-refractivity contribution in [1.82, 2.24) is 9.88 Å². The van der Waals surface area contributed by atoms with Crippen LogP contribution < -0.4 is 0 Å². The lowest BCUT2D eigenvalue weighted by molar-refractivity contribution is -0.140. The number of hydrogen-bond acceptors (Lipinski definition) is 6. The van der Waals surface area contributed by atoms with Gasteiger partial charge in [-0.2, -0.15) is 0 Å². The first kappa shape index (κ1) is 28.4. The molecule has 0 radical (unpaired) electrons. The number of fused-ring (bicyclic) bond motifs is 4. The largest absolute Gasteiger partial charge is 0.507 e. The lowest BCUT2D eigenvalue weighted by Gasteiger charge is -2.43. The summed E-state index contributed by atoms with van der Waals surface area (Å²) in [4.78, 5) is 32.9. The molecule has 2 N–H and O–H groups in total. The van der Waals surface area contributed by atoms with Crippen LogP contribution in [0.1, 0.15) is 57.2 Å². The Balaban J connectivity index is 1.35. The van der Waals surface area contributed by atoms with Crippen molar-refractivity contribution in [2.45, 2.75) is 58.4 Å². The number of benzene rings is 2. The molecule has 1 aromatic heterocycles. The Morgan fingerprint density at radius 3 is 2.57 bits per heavy atom. The maximum Gasteiger partial charge on any atom is 0.455 e. The molecule has 2 amide bonds. The van der Waals surface area contributed by atoms with Crippen LogP contribution in [0.15, 0.2) is 71.9 Å². The van der Waals surface area contributed by atoms with Gasteiger partial charge in [0.25, 0.3) is 0 Å². The minimum Gasteiger partial charge on any atom is -0.507 e. The molecule has 4 atom stereocenters. The summed E-state index contributed by atoms with van der Waals surface area (Å²) < 4.78 is 6.20. The molecule has 42 heavy (non-hydrogen) atoms. The minimum atomic E-state index is -0.993. The van der Waals surface area contributed by atoms with Crippen molar-refractivity contribution in [3.05, 3.63) is 83.2 Å². The summed E-state index contributed by atoms with van der Waals surface area (Å²) in [5.74, 6) is -0.879. The molecular formula is C34H37BN2O5. The van der Waals surface area contributed by atoms with E-state index in [-0.39, 0.29) is 35.5 Å². The molecule has 0 unspecified atom stereocenters. The summed E-state index contributed by atoms with van der Waals surface area (Å²) >= 11 is 0. The van der Waals surface area contributed by atoms with Crippen molar-refractivity contribution in [3.8, 4) is 5.75 Å². The van der Waals surface area contributed by atoms with E-state index >= 15 is 0 Å². The number of likely N-dealkylation sites (tertiary alicyclic amines) is 1. The van der Waals surface area contributed by atoms with Crippen molar-refractivity contribution in [1.29, 1.82) is 0 Å². The summed E-state index contributed by atoms with van der Waals surface area (Å²) in [5.41, 5.74) is 5.14. The smallest absolute Gasteiger partial charge is 0.455 e. The van der Waals surface area contributed by atoms with E-state index in [0.29, 0.717) is 32.1 Å². The maximum atomic E-state index is 13.5. The Hall–Kier alpha value is -3.75. The standard InChI is InChI=1S/C34H37BN2O5/c1-3-17-37-33(39)26-19-21(4-2)31-27(32(26)34(37)40)20-35(41)42-30(31)15-13-23(28-11-7-8-16-36-28)18-22-12-14-29(38)25-10-6-5-9-24(22)25/h5-12,14,16,18,26-27,30,32,38,41H,3-4,13,15,17,19-20H2,1-2H3/b23-18-/t26-,27+,30-,32-/m1/s1. The zero-order valence-electron chi connectivity index (χ0n) is 24.2. The second-order valence-corrected chi connectivity index (χ2v) is 11.6. The van der Waals surface area contributed by atoms with Crippen LogP contribution in [0.25, 0.3) is 22.4 Å². The Morgan fingerprint density at radius 2 is 1.83 bits per heavy atom. The van der Waals surface area contributed by atoms with E-state index < -0.39 is 13.0 Å². The first-order valence-corrected chi connectivity index (χ1v) is 15.1. The van der Waals surface area contributed by atoms with Crippen LogP contribution in [-0.4, -0.2) is 51.6 Å². The molecule has 2 fully saturated rings. The van der Waals surface area contributed by atoms with Gasteiger partial charge in [0.15, 0.2) is 0 Å². The number of pyridine rings is 1. The molecule has 1 aliphatic carbocycles. The number of nitrogens with zero attached hydrogens (tertiary/aromatic N) is 2. The van der Waals surface area contributed by atoms with E-state index in [1.54, 1.807) is 12.3 Å². The number of hydrogen-bond donors (Lipinski definition) is 2. The number of phenolic OH excluding ortho intramolecular Hbond substituents is 1. The Bertz CT molecular complexity index is 1570. The summed E-state index contributed by atoms with van der Waals surface area (Å²) in [5, 5.41) is 23.0. The van der Waals surface area contributed by atoms with E-state index in [9.17, 15) is 19.7 Å². The summed E-state index contributed by atoms with van der Waals surface area (Å²) in [6.45, 7) is 4.52. The molecule has 216 valence electrons. The molecule has 0 saturated carbocycles. The Kier molecular flexibility index (Phi) is 8.01. The third-order valence-corrected chi connectivity index (χ3v) is 9.21. The molecule has 3 aliphatic rings. The summed E-state index contributed by atoms with van der Waals surface area (Å²) in [6.07, 6.45) is 7.18. The molecular weight excluding hydrogens is 527 g/mol. The van der Waals surface area contributed by atoms with Crippen molar-refractivity contribution in [2.24, 2.45) is 17.8 Å². The average Bonchev–Trinajstić information content (AvgIpc) is 3.25. The van der Waals surface area contributed by atoms with Gasteiger partial charge in [-0.3, -0.25) is 19.5 Å². The number of imide groups is 1. The number of allylic oxidation sites excluding steroid dienone is 2. The lowest BCUT2D eigenvalue weighted by Crippen LogP contribution is -2.46. The molecule has 3 heterocycles. The maximum absolute atomic E-state index is 13.5. The SMILES string of the molecule is CCCN1C(=O)[C@@H]2[C@@H](CC(CC)=C3[C@@H](CC/C(=C/c4ccc(O)c5ccccc45)c4ccccn4)OB(O)C[C@@H]32)C1=O. The topological polar surface area (TPSA) is 100.0 Å². The second-order valence-electron chi connectivity index (χ2n) is 11.6. The van der Waals surface area contributed by atoms with Gasteiger partial charge in [0, 0.05) is 18.1 Å². The quantitative estimate of drug-likeness (QED) is 0.202. The minimum absolute atomic E-state index is 0.0594. The number of amides is 2. The lowest BCUT2D eigenvalue weighted by atomic mass is 9.58. The van der Waals surface area contributed by atoms with Gasteiger partial charge in [-0.1, -0.05) is 55.8 Å². The number of carbonyl (C=O) groups is 2. The van der Waals surface area contributed by atoms with Gasteiger partial charge in [-0.15, -0.1) is 0 Å². The third-order valence-electron chi connectivity index (χ3n) is 9.21. The number of rotatable bonds is 8.